The molecule has 0 radical (unpaired) electrons. The molecular weight excluding hydrogens is 471 g/mol. The van der Waals surface area contributed by atoms with Gasteiger partial charge in [0.25, 0.3) is 0 Å². The molecule has 0 aromatic heterocycles. The first-order chi connectivity index (χ1) is 16.2. The summed E-state index contributed by atoms with van der Waals surface area (Å²) in [6.45, 7) is 1.88. The van der Waals surface area contributed by atoms with Crippen molar-refractivity contribution in [2.24, 2.45) is 4.99 Å². The molecule has 7 nitrogen and oxygen atoms in total. The van der Waals surface area contributed by atoms with Gasteiger partial charge in [-0.15, -0.1) is 13.2 Å². The fraction of sp³-hybridized carbons (Fsp3) is 0.348. The van der Waals surface area contributed by atoms with Gasteiger partial charge in [-0.2, -0.15) is 0 Å². The summed E-state index contributed by atoms with van der Waals surface area (Å²) in [6.07, 6.45) is -2.68. The number of aliphatic imine (C=N–C) groups is 1. The fourth-order valence-corrected chi connectivity index (χ4v) is 4.03. The summed E-state index contributed by atoms with van der Waals surface area (Å²) in [5.74, 6) is 0.464. The van der Waals surface area contributed by atoms with Crippen LogP contribution in [0.3, 0.4) is 0 Å². The van der Waals surface area contributed by atoms with Crippen LogP contribution in [0.2, 0.25) is 5.02 Å². The molecule has 1 unspecified atom stereocenters. The Balaban J connectivity index is 1.62. The SMILES string of the molecule is CN1CN(CCCO)C=C2C1=NC(Nc1cccc(OC(F)(F)F)c1)N2Cc1ccc(Cl)cc1. The Hall–Kier alpha value is -3.11. The molecule has 34 heavy (non-hydrogen) atoms. The molecule has 182 valence electrons. The first-order valence-electron chi connectivity index (χ1n) is 10.7. The molecule has 0 bridgehead atoms. The van der Waals surface area contributed by atoms with Gasteiger partial charge in [0.15, 0.2) is 12.1 Å². The number of anilines is 1. The number of aliphatic hydroxyl groups is 1. The number of fused-ring (bicyclic) bond motifs is 1. The Bertz CT molecular complexity index is 1060. The normalized spacial score (nSPS) is 17.9. The topological polar surface area (TPSA) is 63.6 Å². The Morgan fingerprint density at radius 1 is 1.21 bits per heavy atom. The van der Waals surface area contributed by atoms with E-state index in [1.807, 2.05) is 47.3 Å². The zero-order valence-electron chi connectivity index (χ0n) is 18.5. The Morgan fingerprint density at radius 2 is 1.97 bits per heavy atom. The summed E-state index contributed by atoms with van der Waals surface area (Å²) in [7, 11) is 1.93. The lowest BCUT2D eigenvalue weighted by Crippen LogP contribution is -2.44. The number of nitrogens with one attached hydrogen (secondary N) is 1. The molecule has 2 N–H and O–H groups in total. The zero-order valence-corrected chi connectivity index (χ0v) is 19.2. The molecule has 0 amide bonds. The van der Waals surface area contributed by atoms with Crippen molar-refractivity contribution in [1.29, 1.82) is 0 Å². The molecule has 0 spiro atoms. The highest BCUT2D eigenvalue weighted by Crippen LogP contribution is 2.31. The number of likely N-dealkylation sites (N-methyl/N-ethyl adjacent to an activating group) is 1. The monoisotopic (exact) mass is 495 g/mol. The van der Waals surface area contributed by atoms with Gasteiger partial charge in [0.05, 0.1) is 12.4 Å². The third-order valence-electron chi connectivity index (χ3n) is 5.37. The molecule has 2 aromatic carbocycles. The minimum atomic E-state index is -4.77. The molecule has 2 aromatic rings. The fourth-order valence-electron chi connectivity index (χ4n) is 3.90. The minimum Gasteiger partial charge on any atom is -0.406 e. The van der Waals surface area contributed by atoms with Crippen molar-refractivity contribution >= 4 is 23.1 Å². The van der Waals surface area contributed by atoms with Crippen LogP contribution < -0.4 is 10.1 Å². The van der Waals surface area contributed by atoms with E-state index in [1.165, 1.54) is 18.2 Å². The number of hydrogen-bond acceptors (Lipinski definition) is 7. The highest BCUT2D eigenvalue weighted by atomic mass is 35.5. The Labute approximate surface area is 200 Å². The number of alkyl halides is 3. The van der Waals surface area contributed by atoms with E-state index < -0.39 is 12.7 Å². The van der Waals surface area contributed by atoms with Gasteiger partial charge in [0, 0.05) is 49.7 Å². The van der Waals surface area contributed by atoms with Crippen LogP contribution in [0, 0.1) is 0 Å². The van der Waals surface area contributed by atoms with Gasteiger partial charge in [-0.1, -0.05) is 29.8 Å². The van der Waals surface area contributed by atoms with Crippen LogP contribution in [-0.2, 0) is 6.54 Å². The second kappa shape index (κ2) is 10.0. The molecule has 4 rings (SSSR count). The number of ether oxygens (including phenoxy) is 1. The summed E-state index contributed by atoms with van der Waals surface area (Å²) < 4.78 is 42.0. The van der Waals surface area contributed by atoms with Crippen molar-refractivity contribution in [3.63, 3.8) is 0 Å². The summed E-state index contributed by atoms with van der Waals surface area (Å²) >= 11 is 6.04. The maximum Gasteiger partial charge on any atom is 0.573 e. The number of nitrogens with zero attached hydrogens (tertiary/aromatic N) is 4. The van der Waals surface area contributed by atoms with E-state index in [0.717, 1.165) is 17.1 Å². The van der Waals surface area contributed by atoms with Crippen LogP contribution in [0.15, 0.2) is 65.4 Å². The van der Waals surface area contributed by atoms with Gasteiger partial charge in [0.2, 0.25) is 0 Å². The highest BCUT2D eigenvalue weighted by molar-refractivity contribution is 6.30. The standard InChI is InChI=1S/C23H25ClF3N5O2/c1-30-15-31(10-3-11-33)14-20-21(30)29-22(32(20)13-16-6-8-17(24)9-7-16)28-18-4-2-5-19(12-18)34-23(25,26)27/h2,4-9,12,14,22,28,33H,3,10-11,13,15H2,1H3. The zero-order chi connectivity index (χ0) is 24.3. The van der Waals surface area contributed by atoms with Crippen molar-refractivity contribution in [3.8, 4) is 5.75 Å². The minimum absolute atomic E-state index is 0.0966. The van der Waals surface area contributed by atoms with Crippen LogP contribution in [0.5, 0.6) is 5.75 Å². The molecule has 0 saturated carbocycles. The maximum atomic E-state index is 12.7. The maximum absolute atomic E-state index is 12.7. The Morgan fingerprint density at radius 3 is 2.68 bits per heavy atom. The van der Waals surface area contributed by atoms with E-state index in [-0.39, 0.29) is 12.4 Å². The third kappa shape index (κ3) is 5.87. The Kier molecular flexibility index (Phi) is 7.08. The lowest BCUT2D eigenvalue weighted by atomic mass is 10.2. The lowest BCUT2D eigenvalue weighted by Gasteiger charge is -2.36. The summed E-state index contributed by atoms with van der Waals surface area (Å²) in [4.78, 5) is 11.0. The number of aliphatic hydroxyl groups excluding tert-OH is 1. The van der Waals surface area contributed by atoms with E-state index in [0.29, 0.717) is 36.9 Å². The largest absolute Gasteiger partial charge is 0.573 e. The lowest BCUT2D eigenvalue weighted by molar-refractivity contribution is -0.274. The first-order valence-corrected chi connectivity index (χ1v) is 11.1. The molecule has 2 heterocycles. The molecule has 0 fully saturated rings. The summed E-state index contributed by atoms with van der Waals surface area (Å²) in [6, 6.07) is 13.2. The predicted octanol–water partition coefficient (Wildman–Crippen LogP) is 4.28. The summed E-state index contributed by atoms with van der Waals surface area (Å²) in [5, 5.41) is 13.1. The highest BCUT2D eigenvalue weighted by Gasteiger charge is 2.36. The molecule has 0 aliphatic carbocycles. The van der Waals surface area contributed by atoms with E-state index in [2.05, 4.69) is 15.0 Å². The average molecular weight is 496 g/mol. The third-order valence-corrected chi connectivity index (χ3v) is 5.62. The molecular formula is C23H25ClF3N5O2. The molecule has 11 heteroatoms. The van der Waals surface area contributed by atoms with Crippen molar-refractivity contribution in [2.45, 2.75) is 25.6 Å². The van der Waals surface area contributed by atoms with Gasteiger partial charge in [-0.3, -0.25) is 0 Å². The van der Waals surface area contributed by atoms with E-state index >= 15 is 0 Å². The van der Waals surface area contributed by atoms with Gasteiger partial charge in [-0.05, 0) is 36.2 Å². The van der Waals surface area contributed by atoms with Crippen molar-refractivity contribution in [1.82, 2.24) is 14.7 Å². The van der Waals surface area contributed by atoms with Gasteiger partial charge in [0.1, 0.15) is 5.75 Å². The molecule has 1 atom stereocenters. The average Bonchev–Trinajstić information content (AvgIpc) is 3.10. The second-order valence-electron chi connectivity index (χ2n) is 8.04. The molecule has 2 aliphatic heterocycles. The summed E-state index contributed by atoms with van der Waals surface area (Å²) in [5.41, 5.74) is 2.32. The van der Waals surface area contributed by atoms with E-state index in [1.54, 1.807) is 6.07 Å². The van der Waals surface area contributed by atoms with Crippen molar-refractivity contribution in [3.05, 3.63) is 71.0 Å². The number of halogens is 4. The van der Waals surface area contributed by atoms with Gasteiger partial charge in [-0.25, -0.2) is 4.99 Å². The van der Waals surface area contributed by atoms with Crippen LogP contribution in [0.1, 0.15) is 12.0 Å². The number of rotatable bonds is 8. The second-order valence-corrected chi connectivity index (χ2v) is 8.48. The smallest absolute Gasteiger partial charge is 0.406 e. The predicted molar refractivity (Wildman–Crippen MR) is 124 cm³/mol. The molecule has 2 aliphatic rings. The van der Waals surface area contributed by atoms with Crippen LogP contribution in [-0.4, -0.2) is 65.2 Å². The first kappa shape index (κ1) is 24.0. The van der Waals surface area contributed by atoms with E-state index in [9.17, 15) is 18.3 Å². The quantitative estimate of drug-likeness (QED) is 0.570. The molecule has 0 saturated heterocycles. The van der Waals surface area contributed by atoms with Gasteiger partial charge < -0.3 is 29.9 Å². The number of benzene rings is 2. The van der Waals surface area contributed by atoms with Crippen LogP contribution in [0.4, 0.5) is 18.9 Å². The number of amidine groups is 1. The van der Waals surface area contributed by atoms with Crippen molar-refractivity contribution < 1.29 is 23.0 Å². The number of hydrogen-bond donors (Lipinski definition) is 2. The van der Waals surface area contributed by atoms with Gasteiger partial charge >= 0.3 is 6.36 Å². The van der Waals surface area contributed by atoms with Crippen molar-refractivity contribution in [2.75, 3.05) is 32.2 Å². The van der Waals surface area contributed by atoms with E-state index in [4.69, 9.17) is 16.6 Å². The van der Waals surface area contributed by atoms with Crippen LogP contribution >= 0.6 is 11.6 Å². The van der Waals surface area contributed by atoms with Crippen LogP contribution in [0.25, 0.3) is 0 Å².